The Kier molecular flexibility index (Phi) is 6.87. The minimum absolute atomic E-state index is 0.0233. The van der Waals surface area contributed by atoms with Crippen molar-refractivity contribution in [3.8, 4) is 28.1 Å². The summed E-state index contributed by atoms with van der Waals surface area (Å²) in [6, 6.07) is 20.5. The highest BCUT2D eigenvalue weighted by atomic mass is 35.5. The number of hydrogen-bond acceptors (Lipinski definition) is 5. The average molecular weight is 533 g/mol. The summed E-state index contributed by atoms with van der Waals surface area (Å²) < 4.78 is 11.8. The molecule has 1 N–H and O–H groups in total. The second-order valence-corrected chi connectivity index (χ2v) is 9.69. The van der Waals surface area contributed by atoms with Crippen LogP contribution in [0, 0.1) is 0 Å². The molecule has 0 amide bonds. The summed E-state index contributed by atoms with van der Waals surface area (Å²) in [5.41, 5.74) is 4.00. The van der Waals surface area contributed by atoms with Crippen molar-refractivity contribution in [1.82, 2.24) is 10.1 Å². The first-order valence-electron chi connectivity index (χ1n) is 11.6. The minimum atomic E-state index is -1.05. The molecule has 6 nitrogen and oxygen atoms in total. The fourth-order valence-electron chi connectivity index (χ4n) is 4.17. The molecule has 5 aromatic rings. The van der Waals surface area contributed by atoms with Gasteiger partial charge in [-0.2, -0.15) is 0 Å². The fraction of sp³-hybridized carbons (Fsp3) is 0.138. The summed E-state index contributed by atoms with van der Waals surface area (Å²) in [6.07, 6.45) is 1.58. The number of aromatic nitrogens is 2. The highest BCUT2D eigenvalue weighted by Crippen LogP contribution is 2.39. The number of hydrogen-bond donors (Lipinski definition) is 1. The van der Waals surface area contributed by atoms with Crippen molar-refractivity contribution in [3.63, 3.8) is 0 Å². The van der Waals surface area contributed by atoms with Gasteiger partial charge in [-0.25, -0.2) is 9.78 Å². The highest BCUT2D eigenvalue weighted by Gasteiger charge is 2.23. The zero-order chi connectivity index (χ0) is 26.1. The van der Waals surface area contributed by atoms with E-state index < -0.39 is 5.97 Å². The molecular weight excluding hydrogens is 511 g/mol. The van der Waals surface area contributed by atoms with E-state index in [1.807, 2.05) is 56.3 Å². The van der Waals surface area contributed by atoms with Crippen LogP contribution in [-0.4, -0.2) is 21.2 Å². The van der Waals surface area contributed by atoms with Crippen LogP contribution in [0.1, 0.15) is 41.6 Å². The first-order chi connectivity index (χ1) is 17.8. The molecule has 8 heteroatoms. The predicted octanol–water partition coefficient (Wildman–Crippen LogP) is 8.26. The second kappa shape index (κ2) is 10.2. The number of fused-ring (bicyclic) bond motifs is 1. The number of rotatable bonds is 7. The van der Waals surface area contributed by atoms with E-state index >= 15 is 0 Å². The van der Waals surface area contributed by atoms with E-state index in [4.69, 9.17) is 37.6 Å². The number of nitrogens with zero attached hydrogens (tertiary/aromatic N) is 2. The van der Waals surface area contributed by atoms with Crippen molar-refractivity contribution >= 4 is 39.9 Å². The largest absolute Gasteiger partial charge is 0.489 e. The fourth-order valence-corrected chi connectivity index (χ4v) is 4.75. The van der Waals surface area contributed by atoms with Crippen molar-refractivity contribution in [2.45, 2.75) is 26.4 Å². The van der Waals surface area contributed by atoms with Crippen LogP contribution >= 0.6 is 23.2 Å². The smallest absolute Gasteiger partial charge is 0.354 e. The molecular formula is C29H22Cl2N2O4. The molecule has 5 rings (SSSR count). The Balaban J connectivity index is 1.38. The molecule has 186 valence electrons. The number of pyridine rings is 1. The monoisotopic (exact) mass is 532 g/mol. The topological polar surface area (TPSA) is 85.5 Å². The molecule has 0 atom stereocenters. The molecule has 0 saturated carbocycles. The first kappa shape index (κ1) is 24.8. The van der Waals surface area contributed by atoms with Gasteiger partial charge in [-0.05, 0) is 52.9 Å². The molecule has 0 aliphatic rings. The van der Waals surface area contributed by atoms with Crippen LogP contribution in [0.5, 0.6) is 5.75 Å². The van der Waals surface area contributed by atoms with Gasteiger partial charge in [-0.1, -0.05) is 72.5 Å². The summed E-state index contributed by atoms with van der Waals surface area (Å²) in [7, 11) is 0. The Morgan fingerprint density at radius 1 is 0.973 bits per heavy atom. The lowest BCUT2D eigenvalue weighted by Gasteiger charge is -2.11. The summed E-state index contributed by atoms with van der Waals surface area (Å²) in [4.78, 5) is 15.2. The summed E-state index contributed by atoms with van der Waals surface area (Å²) in [5.74, 6) is 0.454. The Morgan fingerprint density at radius 3 is 2.35 bits per heavy atom. The molecule has 3 aromatic carbocycles. The van der Waals surface area contributed by atoms with Crippen molar-refractivity contribution < 1.29 is 19.2 Å². The van der Waals surface area contributed by atoms with E-state index in [0.29, 0.717) is 27.1 Å². The number of ether oxygens (including phenoxy) is 1. The van der Waals surface area contributed by atoms with Gasteiger partial charge in [0.2, 0.25) is 0 Å². The quantitative estimate of drug-likeness (QED) is 0.227. The Hall–Kier alpha value is -3.87. The Labute approximate surface area is 223 Å². The summed E-state index contributed by atoms with van der Waals surface area (Å²) >= 11 is 12.9. The lowest BCUT2D eigenvalue weighted by atomic mass is 10.0. The van der Waals surface area contributed by atoms with Crippen LogP contribution in [-0.2, 0) is 6.61 Å². The van der Waals surface area contributed by atoms with Gasteiger partial charge >= 0.3 is 5.97 Å². The summed E-state index contributed by atoms with van der Waals surface area (Å²) in [5, 5.41) is 16.1. The van der Waals surface area contributed by atoms with Crippen LogP contribution < -0.4 is 4.74 Å². The van der Waals surface area contributed by atoms with E-state index in [-0.39, 0.29) is 18.2 Å². The van der Waals surface area contributed by atoms with Crippen molar-refractivity contribution in [2.75, 3.05) is 0 Å². The van der Waals surface area contributed by atoms with Gasteiger partial charge in [0.15, 0.2) is 0 Å². The Morgan fingerprint density at radius 2 is 1.68 bits per heavy atom. The van der Waals surface area contributed by atoms with Crippen LogP contribution in [0.15, 0.2) is 77.4 Å². The normalized spacial score (nSPS) is 11.3. The van der Waals surface area contributed by atoms with Crippen LogP contribution in [0.25, 0.3) is 33.2 Å². The van der Waals surface area contributed by atoms with E-state index in [9.17, 15) is 4.79 Å². The van der Waals surface area contributed by atoms with Gasteiger partial charge in [0.1, 0.15) is 29.5 Å². The number of carbonyl (C=O) groups is 1. The molecule has 0 aliphatic heterocycles. The van der Waals surface area contributed by atoms with Gasteiger partial charge in [-0.3, -0.25) is 0 Å². The third-order valence-corrected chi connectivity index (χ3v) is 6.68. The van der Waals surface area contributed by atoms with Gasteiger partial charge in [-0.15, -0.1) is 0 Å². The maximum Gasteiger partial charge on any atom is 0.354 e. The third-order valence-electron chi connectivity index (χ3n) is 6.05. The maximum atomic E-state index is 11.2. The standard InChI is InChI=1S/C29H22Cl2N2O4/c1-16(2)28-22(27(33-37-28)26-23(30)4-3-5-24(26)31)15-36-21-10-8-17(9-11-21)18-6-7-19-13-25(29(34)35)32-14-20(19)12-18/h3-14,16H,15H2,1-2H3,(H,34,35). The number of carboxylic acid groups (broad SMARTS) is 1. The molecule has 2 heterocycles. The number of benzene rings is 3. The molecule has 0 spiro atoms. The maximum absolute atomic E-state index is 11.2. The molecule has 0 saturated heterocycles. The number of halogens is 2. The number of aromatic carboxylic acids is 1. The minimum Gasteiger partial charge on any atom is -0.489 e. The molecule has 0 bridgehead atoms. The Bertz CT molecular complexity index is 1590. The van der Waals surface area contributed by atoms with Crippen LogP contribution in [0.3, 0.4) is 0 Å². The van der Waals surface area contributed by atoms with E-state index in [1.54, 1.807) is 30.5 Å². The van der Waals surface area contributed by atoms with Gasteiger partial charge in [0.25, 0.3) is 0 Å². The van der Waals surface area contributed by atoms with Gasteiger partial charge < -0.3 is 14.4 Å². The highest BCUT2D eigenvalue weighted by molar-refractivity contribution is 6.39. The molecule has 0 unspecified atom stereocenters. The third kappa shape index (κ3) is 5.03. The molecule has 2 aromatic heterocycles. The second-order valence-electron chi connectivity index (χ2n) is 8.88. The van der Waals surface area contributed by atoms with Gasteiger partial charge in [0.05, 0.1) is 15.6 Å². The van der Waals surface area contributed by atoms with E-state index in [0.717, 1.165) is 33.2 Å². The first-order valence-corrected chi connectivity index (χ1v) is 12.4. The molecule has 0 aliphatic carbocycles. The van der Waals surface area contributed by atoms with E-state index in [2.05, 4.69) is 10.1 Å². The molecule has 0 radical (unpaired) electrons. The predicted molar refractivity (Wildman–Crippen MR) is 145 cm³/mol. The summed E-state index contributed by atoms with van der Waals surface area (Å²) in [6.45, 7) is 4.29. The van der Waals surface area contributed by atoms with Crippen molar-refractivity contribution in [3.05, 3.63) is 100.0 Å². The average Bonchev–Trinajstić information content (AvgIpc) is 3.31. The SMILES string of the molecule is CC(C)c1onc(-c2c(Cl)cccc2Cl)c1COc1ccc(-c2ccc3cc(C(=O)O)ncc3c2)cc1. The van der Waals surface area contributed by atoms with Crippen LogP contribution in [0.2, 0.25) is 10.0 Å². The van der Waals surface area contributed by atoms with Crippen molar-refractivity contribution in [1.29, 1.82) is 0 Å². The lowest BCUT2D eigenvalue weighted by molar-refractivity contribution is 0.0690. The van der Waals surface area contributed by atoms with Crippen molar-refractivity contribution in [2.24, 2.45) is 0 Å². The zero-order valence-electron chi connectivity index (χ0n) is 20.0. The number of carboxylic acids is 1. The zero-order valence-corrected chi connectivity index (χ0v) is 21.5. The van der Waals surface area contributed by atoms with Gasteiger partial charge in [0, 0.05) is 23.1 Å². The van der Waals surface area contributed by atoms with Crippen LogP contribution in [0.4, 0.5) is 0 Å². The molecule has 0 fully saturated rings. The van der Waals surface area contributed by atoms with E-state index in [1.165, 1.54) is 0 Å². The lowest BCUT2D eigenvalue weighted by Crippen LogP contribution is -2.01. The molecule has 37 heavy (non-hydrogen) atoms.